The second-order valence-corrected chi connectivity index (χ2v) is 4.89. The zero-order valence-electron chi connectivity index (χ0n) is 9.33. The largest absolute Gasteiger partial charge is 0.488 e. The Morgan fingerprint density at radius 2 is 2.06 bits per heavy atom. The molecule has 0 unspecified atom stereocenters. The van der Waals surface area contributed by atoms with Crippen LogP contribution in [-0.4, -0.2) is 32.8 Å². The van der Waals surface area contributed by atoms with Crippen molar-refractivity contribution in [2.45, 2.75) is 0 Å². The quantitative estimate of drug-likeness (QED) is 0.335. The molecule has 100 valence electrons. The monoisotopic (exact) mass is 279 g/mol. The van der Waals surface area contributed by atoms with Gasteiger partial charge in [-0.3, -0.25) is 14.3 Å². The number of nitro groups is 1. The highest BCUT2D eigenvalue weighted by Crippen LogP contribution is 2.22. The lowest BCUT2D eigenvalue weighted by molar-refractivity contribution is -0.385. The summed E-state index contributed by atoms with van der Waals surface area (Å²) in [6.07, 6.45) is 0.874. The molecule has 0 aliphatic carbocycles. The molecule has 0 spiro atoms. The summed E-state index contributed by atoms with van der Waals surface area (Å²) in [5, 5.41) is 10.3. The topological polar surface area (TPSA) is 95.7 Å². The van der Waals surface area contributed by atoms with Crippen molar-refractivity contribution >= 4 is 15.8 Å². The zero-order chi connectivity index (χ0) is 13.8. The lowest BCUT2D eigenvalue weighted by Crippen LogP contribution is -2.11. The summed E-state index contributed by atoms with van der Waals surface area (Å²) in [5.74, 6) is -1.11. The summed E-state index contributed by atoms with van der Waals surface area (Å²) < 4.78 is 43.7. The first-order valence-electron chi connectivity index (χ1n) is 4.71. The average Bonchev–Trinajstić information content (AvgIpc) is 2.24. The predicted molar refractivity (Wildman–Crippen MR) is 59.3 cm³/mol. The Labute approximate surface area is 102 Å². The molecule has 0 bridgehead atoms. The number of nitro benzene ring substituents is 1. The predicted octanol–water partition coefficient (Wildman–Crippen LogP) is 1.09. The van der Waals surface area contributed by atoms with Crippen LogP contribution in [0.2, 0.25) is 0 Å². The third-order valence-electron chi connectivity index (χ3n) is 1.76. The van der Waals surface area contributed by atoms with E-state index >= 15 is 0 Å². The molecule has 0 aliphatic rings. The number of ether oxygens (including phenoxy) is 1. The highest BCUT2D eigenvalue weighted by Gasteiger charge is 2.11. The third kappa shape index (κ3) is 4.63. The van der Waals surface area contributed by atoms with Crippen LogP contribution < -0.4 is 4.74 Å². The second-order valence-electron chi connectivity index (χ2n) is 3.25. The van der Waals surface area contributed by atoms with Crippen LogP contribution in [0.5, 0.6) is 5.75 Å². The summed E-state index contributed by atoms with van der Waals surface area (Å²) in [4.78, 5) is 9.61. The van der Waals surface area contributed by atoms with Crippen molar-refractivity contribution in [1.82, 2.24) is 0 Å². The summed E-state index contributed by atoms with van der Waals surface area (Å²) >= 11 is 0. The first-order chi connectivity index (χ1) is 8.29. The van der Waals surface area contributed by atoms with Gasteiger partial charge < -0.3 is 4.74 Å². The van der Waals surface area contributed by atoms with Crippen molar-refractivity contribution in [3.63, 3.8) is 0 Å². The van der Waals surface area contributed by atoms with E-state index in [9.17, 15) is 22.9 Å². The number of halogens is 1. The fourth-order valence-electron chi connectivity index (χ4n) is 1.06. The van der Waals surface area contributed by atoms with Crippen molar-refractivity contribution in [3.05, 3.63) is 34.1 Å². The number of hydrogen-bond acceptors (Lipinski definition) is 6. The Morgan fingerprint density at radius 3 is 2.56 bits per heavy atom. The van der Waals surface area contributed by atoms with Crippen molar-refractivity contribution < 1.29 is 26.7 Å². The van der Waals surface area contributed by atoms with Crippen LogP contribution in [0.4, 0.5) is 10.1 Å². The van der Waals surface area contributed by atoms with Crippen LogP contribution in [0.15, 0.2) is 18.2 Å². The average molecular weight is 279 g/mol. The molecule has 0 atom stereocenters. The molecule has 7 nitrogen and oxygen atoms in total. The molecular formula is C9H10FNO6S. The molecule has 0 radical (unpaired) electrons. The van der Waals surface area contributed by atoms with E-state index in [4.69, 9.17) is 4.74 Å². The maximum Gasteiger partial charge on any atom is 0.272 e. The SMILES string of the molecule is CS(=O)(=O)OCCOc1ccc([N+](=O)[O-])cc1F. The van der Waals surface area contributed by atoms with Crippen molar-refractivity contribution in [2.24, 2.45) is 0 Å². The Kier molecular flexibility index (Phi) is 4.56. The minimum absolute atomic E-state index is 0.193. The molecule has 1 aromatic carbocycles. The molecule has 0 heterocycles. The van der Waals surface area contributed by atoms with E-state index in [1.807, 2.05) is 0 Å². The molecular weight excluding hydrogens is 269 g/mol. The molecule has 0 saturated carbocycles. The molecule has 0 saturated heterocycles. The van der Waals surface area contributed by atoms with Crippen molar-refractivity contribution in [1.29, 1.82) is 0 Å². The van der Waals surface area contributed by atoms with Crippen LogP contribution in [0, 0.1) is 15.9 Å². The highest BCUT2D eigenvalue weighted by molar-refractivity contribution is 7.85. The number of rotatable bonds is 6. The fourth-order valence-corrected chi connectivity index (χ4v) is 1.43. The molecule has 18 heavy (non-hydrogen) atoms. The van der Waals surface area contributed by atoms with Gasteiger partial charge in [0.25, 0.3) is 15.8 Å². The van der Waals surface area contributed by atoms with Crippen LogP contribution in [0.25, 0.3) is 0 Å². The van der Waals surface area contributed by atoms with E-state index in [1.54, 1.807) is 0 Å². The molecule has 0 fully saturated rings. The van der Waals surface area contributed by atoms with Gasteiger partial charge >= 0.3 is 0 Å². The lowest BCUT2D eigenvalue weighted by atomic mass is 10.3. The molecule has 0 aromatic heterocycles. The van der Waals surface area contributed by atoms with Gasteiger partial charge in [-0.1, -0.05) is 0 Å². The van der Waals surface area contributed by atoms with E-state index in [2.05, 4.69) is 4.18 Å². The van der Waals surface area contributed by atoms with Gasteiger partial charge in [0.05, 0.1) is 17.2 Å². The van der Waals surface area contributed by atoms with Gasteiger partial charge in [-0.2, -0.15) is 8.42 Å². The minimum atomic E-state index is -3.57. The number of benzene rings is 1. The van der Waals surface area contributed by atoms with E-state index in [1.165, 1.54) is 0 Å². The van der Waals surface area contributed by atoms with Crippen molar-refractivity contribution in [3.8, 4) is 5.75 Å². The zero-order valence-corrected chi connectivity index (χ0v) is 10.1. The van der Waals surface area contributed by atoms with Crippen LogP contribution in [0.1, 0.15) is 0 Å². The number of nitrogens with zero attached hydrogens (tertiary/aromatic N) is 1. The standard InChI is InChI=1S/C9H10FNO6S/c1-18(14,15)17-5-4-16-9-3-2-7(11(12)13)6-8(9)10/h2-3,6H,4-5H2,1H3. The molecule has 0 aliphatic heterocycles. The van der Waals surface area contributed by atoms with E-state index < -0.39 is 26.5 Å². The van der Waals surface area contributed by atoms with Gasteiger partial charge in [0.1, 0.15) is 13.2 Å². The van der Waals surface area contributed by atoms with E-state index in [-0.39, 0.29) is 19.0 Å². The normalized spacial score (nSPS) is 11.2. The van der Waals surface area contributed by atoms with Crippen LogP contribution in [0.3, 0.4) is 0 Å². The summed E-state index contributed by atoms with van der Waals surface area (Å²) in [7, 11) is -3.57. The van der Waals surface area contributed by atoms with Gasteiger partial charge in [-0.15, -0.1) is 0 Å². The van der Waals surface area contributed by atoms with Crippen LogP contribution in [-0.2, 0) is 14.3 Å². The molecule has 1 rings (SSSR count). The van der Waals surface area contributed by atoms with E-state index in [0.29, 0.717) is 6.07 Å². The summed E-state index contributed by atoms with van der Waals surface area (Å²) in [6, 6.07) is 2.89. The second kappa shape index (κ2) is 5.74. The minimum Gasteiger partial charge on any atom is -0.488 e. The van der Waals surface area contributed by atoms with Gasteiger partial charge in [-0.25, -0.2) is 4.39 Å². The Morgan fingerprint density at radius 1 is 1.39 bits per heavy atom. The Bertz CT molecular complexity index is 544. The molecule has 0 amide bonds. The highest BCUT2D eigenvalue weighted by atomic mass is 32.2. The number of non-ortho nitro benzene ring substituents is 1. The first-order valence-corrected chi connectivity index (χ1v) is 6.52. The first kappa shape index (κ1) is 14.3. The molecule has 0 N–H and O–H groups in total. The smallest absolute Gasteiger partial charge is 0.272 e. The third-order valence-corrected chi connectivity index (χ3v) is 2.36. The lowest BCUT2D eigenvalue weighted by Gasteiger charge is -2.06. The van der Waals surface area contributed by atoms with Gasteiger partial charge in [-0.05, 0) is 6.07 Å². The summed E-state index contributed by atoms with van der Waals surface area (Å²) in [5.41, 5.74) is -0.396. The van der Waals surface area contributed by atoms with Crippen LogP contribution >= 0.6 is 0 Å². The van der Waals surface area contributed by atoms with Gasteiger partial charge in [0.15, 0.2) is 11.6 Å². The van der Waals surface area contributed by atoms with Gasteiger partial charge in [0.2, 0.25) is 0 Å². The number of hydrogen-bond donors (Lipinski definition) is 0. The Balaban J connectivity index is 2.56. The molecule has 1 aromatic rings. The Hall–Kier alpha value is -1.74. The molecule has 9 heteroatoms. The maximum atomic E-state index is 13.3. The summed E-state index contributed by atoms with van der Waals surface area (Å²) in [6.45, 7) is -0.461. The van der Waals surface area contributed by atoms with E-state index in [0.717, 1.165) is 18.4 Å². The fraction of sp³-hybridized carbons (Fsp3) is 0.333. The maximum absolute atomic E-state index is 13.3. The van der Waals surface area contributed by atoms with Crippen molar-refractivity contribution in [2.75, 3.05) is 19.5 Å². The van der Waals surface area contributed by atoms with Gasteiger partial charge in [0, 0.05) is 6.07 Å².